The van der Waals surface area contributed by atoms with Gasteiger partial charge in [0, 0.05) is 36.3 Å². The quantitative estimate of drug-likeness (QED) is 0.824. The van der Waals surface area contributed by atoms with Gasteiger partial charge in [-0.2, -0.15) is 5.10 Å². The number of hydrogen-bond acceptors (Lipinski definition) is 5. The molecule has 6 heteroatoms. The SMILES string of the molecule is CCOC(=O)CCn1nc(-c2ccc(O)cc2)c2c1CCNC2. The lowest BCUT2D eigenvalue weighted by Gasteiger charge is -2.15. The van der Waals surface area contributed by atoms with Gasteiger partial charge in [-0.05, 0) is 31.2 Å². The Morgan fingerprint density at radius 3 is 2.91 bits per heavy atom. The number of ether oxygens (including phenoxy) is 1. The fraction of sp³-hybridized carbons (Fsp3) is 0.412. The third-order valence-corrected chi connectivity index (χ3v) is 3.98. The van der Waals surface area contributed by atoms with Gasteiger partial charge in [-0.3, -0.25) is 9.48 Å². The molecule has 1 aromatic carbocycles. The molecule has 1 aliphatic heterocycles. The van der Waals surface area contributed by atoms with E-state index in [1.165, 1.54) is 11.3 Å². The normalized spacial score (nSPS) is 13.6. The van der Waals surface area contributed by atoms with Gasteiger partial charge in [-0.25, -0.2) is 0 Å². The van der Waals surface area contributed by atoms with Gasteiger partial charge in [0.2, 0.25) is 0 Å². The van der Waals surface area contributed by atoms with Crippen LogP contribution in [0.25, 0.3) is 11.3 Å². The van der Waals surface area contributed by atoms with Crippen LogP contribution >= 0.6 is 0 Å². The Morgan fingerprint density at radius 2 is 2.17 bits per heavy atom. The Bertz CT molecular complexity index is 692. The van der Waals surface area contributed by atoms with Crippen LogP contribution in [0.3, 0.4) is 0 Å². The molecule has 0 saturated carbocycles. The summed E-state index contributed by atoms with van der Waals surface area (Å²) in [5.41, 5.74) is 4.23. The van der Waals surface area contributed by atoms with Crippen molar-refractivity contribution in [1.29, 1.82) is 0 Å². The third kappa shape index (κ3) is 3.37. The molecule has 3 rings (SSSR count). The predicted molar refractivity (Wildman–Crippen MR) is 86.0 cm³/mol. The second kappa shape index (κ2) is 6.83. The molecule has 0 radical (unpaired) electrons. The number of carbonyl (C=O) groups excluding carboxylic acids is 1. The number of phenols is 1. The van der Waals surface area contributed by atoms with Gasteiger partial charge >= 0.3 is 5.97 Å². The number of fused-ring (bicyclic) bond motifs is 1. The van der Waals surface area contributed by atoms with Crippen molar-refractivity contribution in [3.8, 4) is 17.0 Å². The van der Waals surface area contributed by atoms with E-state index in [9.17, 15) is 9.90 Å². The van der Waals surface area contributed by atoms with Crippen LogP contribution in [0.2, 0.25) is 0 Å². The van der Waals surface area contributed by atoms with Gasteiger partial charge in [0.25, 0.3) is 0 Å². The molecule has 23 heavy (non-hydrogen) atoms. The number of nitrogens with zero attached hydrogens (tertiary/aromatic N) is 2. The lowest BCUT2D eigenvalue weighted by Crippen LogP contribution is -2.25. The summed E-state index contributed by atoms with van der Waals surface area (Å²) in [6.07, 6.45) is 1.22. The number of carbonyl (C=O) groups is 1. The van der Waals surface area contributed by atoms with Crippen molar-refractivity contribution in [2.75, 3.05) is 13.2 Å². The van der Waals surface area contributed by atoms with Crippen molar-refractivity contribution in [2.24, 2.45) is 0 Å². The lowest BCUT2D eigenvalue weighted by molar-refractivity contribution is -0.143. The van der Waals surface area contributed by atoms with Crippen molar-refractivity contribution >= 4 is 5.97 Å². The van der Waals surface area contributed by atoms with E-state index in [0.717, 1.165) is 30.8 Å². The Hall–Kier alpha value is -2.34. The van der Waals surface area contributed by atoms with Crippen molar-refractivity contribution in [3.05, 3.63) is 35.5 Å². The van der Waals surface area contributed by atoms with Gasteiger partial charge in [0.1, 0.15) is 5.75 Å². The minimum Gasteiger partial charge on any atom is -0.508 e. The summed E-state index contributed by atoms with van der Waals surface area (Å²) in [6.45, 7) is 4.41. The zero-order valence-electron chi connectivity index (χ0n) is 13.2. The van der Waals surface area contributed by atoms with Gasteiger partial charge in [0.15, 0.2) is 0 Å². The van der Waals surface area contributed by atoms with Crippen LogP contribution in [0.15, 0.2) is 24.3 Å². The van der Waals surface area contributed by atoms with Crippen LogP contribution in [0.5, 0.6) is 5.75 Å². The molecule has 0 atom stereocenters. The first-order valence-electron chi connectivity index (χ1n) is 7.93. The zero-order valence-corrected chi connectivity index (χ0v) is 13.2. The highest BCUT2D eigenvalue weighted by atomic mass is 16.5. The van der Waals surface area contributed by atoms with Crippen molar-refractivity contribution in [3.63, 3.8) is 0 Å². The average molecular weight is 315 g/mol. The van der Waals surface area contributed by atoms with Crippen LogP contribution < -0.4 is 5.32 Å². The summed E-state index contributed by atoms with van der Waals surface area (Å²) in [4.78, 5) is 11.6. The number of esters is 1. The minimum absolute atomic E-state index is 0.197. The molecule has 0 aliphatic carbocycles. The summed E-state index contributed by atoms with van der Waals surface area (Å²) in [5.74, 6) is 0.0411. The summed E-state index contributed by atoms with van der Waals surface area (Å²) in [7, 11) is 0. The summed E-state index contributed by atoms with van der Waals surface area (Å²) < 4.78 is 6.92. The molecule has 0 unspecified atom stereocenters. The predicted octanol–water partition coefficient (Wildman–Crippen LogP) is 1.85. The van der Waals surface area contributed by atoms with Crippen LogP contribution in [0.4, 0.5) is 0 Å². The number of benzene rings is 1. The monoisotopic (exact) mass is 315 g/mol. The highest BCUT2D eigenvalue weighted by Crippen LogP contribution is 2.29. The molecule has 1 aliphatic rings. The molecule has 6 nitrogen and oxygen atoms in total. The maximum Gasteiger partial charge on any atom is 0.307 e. The minimum atomic E-state index is -0.197. The van der Waals surface area contributed by atoms with Crippen LogP contribution in [-0.4, -0.2) is 34.0 Å². The average Bonchev–Trinajstić information content (AvgIpc) is 2.93. The molecule has 2 N–H and O–H groups in total. The number of aromatic hydroxyl groups is 1. The van der Waals surface area contributed by atoms with Crippen LogP contribution in [0.1, 0.15) is 24.6 Å². The number of aromatic nitrogens is 2. The van der Waals surface area contributed by atoms with Crippen LogP contribution in [-0.2, 0) is 29.0 Å². The van der Waals surface area contributed by atoms with E-state index in [2.05, 4.69) is 5.32 Å². The smallest absolute Gasteiger partial charge is 0.307 e. The van der Waals surface area contributed by atoms with E-state index >= 15 is 0 Å². The second-order valence-corrected chi connectivity index (χ2v) is 5.53. The van der Waals surface area contributed by atoms with Gasteiger partial charge < -0.3 is 15.2 Å². The third-order valence-electron chi connectivity index (χ3n) is 3.98. The number of aryl methyl sites for hydroxylation is 1. The van der Waals surface area contributed by atoms with E-state index in [1.54, 1.807) is 12.1 Å². The van der Waals surface area contributed by atoms with Crippen LogP contribution in [0, 0.1) is 0 Å². The molecule has 0 bridgehead atoms. The number of nitrogens with one attached hydrogen (secondary N) is 1. The summed E-state index contributed by atoms with van der Waals surface area (Å²) in [6, 6.07) is 7.05. The Labute approximate surface area is 135 Å². The maximum atomic E-state index is 11.6. The summed E-state index contributed by atoms with van der Waals surface area (Å²) >= 11 is 0. The van der Waals surface area contributed by atoms with E-state index < -0.39 is 0 Å². The fourth-order valence-corrected chi connectivity index (χ4v) is 2.89. The lowest BCUT2D eigenvalue weighted by atomic mass is 10.0. The Kier molecular flexibility index (Phi) is 4.62. The van der Waals surface area contributed by atoms with Crippen molar-refractivity contribution < 1.29 is 14.6 Å². The molecular formula is C17H21N3O3. The number of rotatable bonds is 5. The van der Waals surface area contributed by atoms with Gasteiger partial charge in [-0.1, -0.05) is 0 Å². The van der Waals surface area contributed by atoms with Crippen molar-refractivity contribution in [1.82, 2.24) is 15.1 Å². The first-order chi connectivity index (χ1) is 11.2. The molecule has 0 spiro atoms. The number of phenolic OH excluding ortho intramolecular Hbond substituents is 1. The molecule has 1 aromatic heterocycles. The van der Waals surface area contributed by atoms with E-state index in [4.69, 9.17) is 9.84 Å². The molecule has 0 saturated heterocycles. The van der Waals surface area contributed by atoms with Crippen molar-refractivity contribution in [2.45, 2.75) is 32.9 Å². The number of hydrogen-bond donors (Lipinski definition) is 2. The Balaban J connectivity index is 1.88. The first-order valence-corrected chi connectivity index (χ1v) is 7.93. The molecule has 0 amide bonds. The van der Waals surface area contributed by atoms with E-state index in [1.807, 2.05) is 23.7 Å². The van der Waals surface area contributed by atoms with E-state index in [0.29, 0.717) is 19.6 Å². The highest BCUT2D eigenvalue weighted by Gasteiger charge is 2.21. The second-order valence-electron chi connectivity index (χ2n) is 5.53. The Morgan fingerprint density at radius 1 is 1.39 bits per heavy atom. The molecule has 122 valence electrons. The summed E-state index contributed by atoms with van der Waals surface area (Å²) in [5, 5.41) is 17.5. The van der Waals surface area contributed by atoms with Gasteiger partial charge in [0.05, 0.1) is 25.3 Å². The first kappa shape index (κ1) is 15.6. The van der Waals surface area contributed by atoms with Gasteiger partial charge in [-0.15, -0.1) is 0 Å². The van der Waals surface area contributed by atoms with E-state index in [-0.39, 0.29) is 11.7 Å². The molecule has 0 fully saturated rings. The zero-order chi connectivity index (χ0) is 16.2. The topological polar surface area (TPSA) is 76.4 Å². The molecule has 2 heterocycles. The molecular weight excluding hydrogens is 294 g/mol. The highest BCUT2D eigenvalue weighted by molar-refractivity contribution is 5.69. The maximum absolute atomic E-state index is 11.6. The fourth-order valence-electron chi connectivity index (χ4n) is 2.89. The standard InChI is InChI=1S/C17H21N3O3/c1-2-23-16(22)8-10-20-15-7-9-18-11-14(15)17(19-20)12-3-5-13(21)6-4-12/h3-6,18,21H,2,7-11H2,1H3. The molecule has 2 aromatic rings. The largest absolute Gasteiger partial charge is 0.508 e.